The zero-order chi connectivity index (χ0) is 14.1. The number of nitrogens with zero attached hydrogens (tertiary/aromatic N) is 2. The average Bonchev–Trinajstić information content (AvgIpc) is 3.04. The van der Waals surface area contributed by atoms with Crippen molar-refractivity contribution in [1.29, 1.82) is 0 Å². The summed E-state index contributed by atoms with van der Waals surface area (Å²) in [7, 11) is 0. The van der Waals surface area contributed by atoms with Crippen molar-refractivity contribution in [1.82, 2.24) is 20.3 Å². The van der Waals surface area contributed by atoms with E-state index in [0.717, 1.165) is 22.6 Å². The molecule has 0 aliphatic carbocycles. The summed E-state index contributed by atoms with van der Waals surface area (Å²) in [5, 5.41) is 2.94. The topological polar surface area (TPSA) is 70.7 Å². The first kappa shape index (κ1) is 12.8. The smallest absolute Gasteiger partial charge is 0.263 e. The van der Waals surface area contributed by atoms with Crippen molar-refractivity contribution in [2.24, 2.45) is 0 Å². The van der Waals surface area contributed by atoms with E-state index in [-0.39, 0.29) is 11.9 Å². The van der Waals surface area contributed by atoms with Gasteiger partial charge in [0.2, 0.25) is 0 Å². The number of nitrogens with one attached hydrogen (secondary N) is 2. The highest BCUT2D eigenvalue weighted by atomic mass is 32.1. The van der Waals surface area contributed by atoms with E-state index in [4.69, 9.17) is 0 Å². The Labute approximate surface area is 120 Å². The fourth-order valence-electron chi connectivity index (χ4n) is 2.03. The highest BCUT2D eigenvalue weighted by molar-refractivity contribution is 7.11. The minimum Gasteiger partial charge on any atom is -0.342 e. The predicted molar refractivity (Wildman–Crippen MR) is 78.8 cm³/mol. The Balaban J connectivity index is 1.80. The Bertz CT molecular complexity index is 728. The fraction of sp³-hybridized carbons (Fsp3) is 0.214. The first-order chi connectivity index (χ1) is 9.65. The minimum absolute atomic E-state index is 0.113. The predicted octanol–water partition coefficient (Wildman–Crippen LogP) is 2.82. The number of aryl methyl sites for hydroxylation is 1. The number of carbonyl (C=O) groups is 1. The maximum atomic E-state index is 12.1. The van der Waals surface area contributed by atoms with Gasteiger partial charge in [-0.1, -0.05) is 12.1 Å². The Kier molecular flexibility index (Phi) is 3.23. The van der Waals surface area contributed by atoms with E-state index in [2.05, 4.69) is 20.3 Å². The molecule has 0 saturated carbocycles. The van der Waals surface area contributed by atoms with Crippen LogP contribution < -0.4 is 5.32 Å². The van der Waals surface area contributed by atoms with Crippen LogP contribution in [0.15, 0.2) is 29.8 Å². The molecule has 3 rings (SSSR count). The number of hydrogen-bond donors (Lipinski definition) is 2. The third-order valence-corrected chi connectivity index (χ3v) is 4.04. The lowest BCUT2D eigenvalue weighted by Crippen LogP contribution is -2.27. The molecule has 102 valence electrons. The first-order valence-corrected chi connectivity index (χ1v) is 7.18. The van der Waals surface area contributed by atoms with Gasteiger partial charge in [-0.05, 0) is 26.0 Å². The standard InChI is InChI=1S/C14H14N4OS/c1-8-12(20-7-15-8)14(19)16-9(2)13-17-10-5-3-4-6-11(10)18-13/h3-7,9H,1-2H3,(H,16,19)(H,17,18)/t9-/m0/s1. The second kappa shape index (κ2) is 5.05. The fourth-order valence-corrected chi connectivity index (χ4v) is 2.73. The van der Waals surface area contributed by atoms with Crippen LogP contribution >= 0.6 is 11.3 Å². The van der Waals surface area contributed by atoms with Crippen LogP contribution in [0.5, 0.6) is 0 Å². The molecule has 0 aliphatic rings. The summed E-state index contributed by atoms with van der Waals surface area (Å²) in [4.78, 5) is 24.6. The van der Waals surface area contributed by atoms with Gasteiger partial charge < -0.3 is 10.3 Å². The summed E-state index contributed by atoms with van der Waals surface area (Å²) in [6.07, 6.45) is 0. The Morgan fingerprint density at radius 2 is 2.20 bits per heavy atom. The largest absolute Gasteiger partial charge is 0.342 e. The molecule has 0 spiro atoms. The molecule has 1 aromatic carbocycles. The maximum absolute atomic E-state index is 12.1. The molecular formula is C14H14N4OS. The van der Waals surface area contributed by atoms with Crippen LogP contribution in [0.3, 0.4) is 0 Å². The molecule has 0 aliphatic heterocycles. The maximum Gasteiger partial charge on any atom is 0.263 e. The molecule has 0 unspecified atom stereocenters. The van der Waals surface area contributed by atoms with Crippen molar-refractivity contribution in [3.63, 3.8) is 0 Å². The third-order valence-electron chi connectivity index (χ3n) is 3.12. The highest BCUT2D eigenvalue weighted by Gasteiger charge is 2.17. The van der Waals surface area contributed by atoms with Crippen molar-refractivity contribution in [2.75, 3.05) is 0 Å². The van der Waals surface area contributed by atoms with Crippen molar-refractivity contribution in [3.8, 4) is 0 Å². The van der Waals surface area contributed by atoms with Crippen molar-refractivity contribution >= 4 is 28.3 Å². The number of H-pyrrole nitrogens is 1. The number of hydrogen-bond acceptors (Lipinski definition) is 4. The molecule has 20 heavy (non-hydrogen) atoms. The van der Waals surface area contributed by atoms with Gasteiger partial charge in [0.05, 0.1) is 28.3 Å². The summed E-state index contributed by atoms with van der Waals surface area (Å²) in [6.45, 7) is 3.74. The van der Waals surface area contributed by atoms with E-state index < -0.39 is 0 Å². The zero-order valence-electron chi connectivity index (χ0n) is 11.2. The monoisotopic (exact) mass is 286 g/mol. The van der Waals surface area contributed by atoms with Crippen LogP contribution in [-0.4, -0.2) is 20.9 Å². The molecule has 0 bridgehead atoms. The molecule has 0 radical (unpaired) electrons. The SMILES string of the molecule is Cc1ncsc1C(=O)N[C@@H](C)c1nc2ccccc2[nH]1. The number of aromatic amines is 1. The van der Waals surface area contributed by atoms with Gasteiger partial charge in [0.25, 0.3) is 5.91 Å². The highest BCUT2D eigenvalue weighted by Crippen LogP contribution is 2.17. The van der Waals surface area contributed by atoms with E-state index in [0.29, 0.717) is 4.88 Å². The lowest BCUT2D eigenvalue weighted by molar-refractivity contribution is 0.0942. The number of imidazole rings is 1. The van der Waals surface area contributed by atoms with E-state index in [1.807, 2.05) is 38.1 Å². The molecule has 2 N–H and O–H groups in total. The number of benzene rings is 1. The molecule has 1 atom stereocenters. The number of rotatable bonds is 3. The number of carbonyl (C=O) groups excluding carboxylic acids is 1. The van der Waals surface area contributed by atoms with Crippen LogP contribution in [0.1, 0.15) is 34.2 Å². The Morgan fingerprint density at radius 1 is 1.40 bits per heavy atom. The lowest BCUT2D eigenvalue weighted by Gasteiger charge is -2.10. The molecular weight excluding hydrogens is 272 g/mol. The molecule has 0 saturated heterocycles. The first-order valence-electron chi connectivity index (χ1n) is 6.31. The van der Waals surface area contributed by atoms with E-state index in [9.17, 15) is 4.79 Å². The summed E-state index contributed by atoms with van der Waals surface area (Å²) in [5.74, 6) is 0.639. The van der Waals surface area contributed by atoms with Crippen LogP contribution in [0.25, 0.3) is 11.0 Å². The third kappa shape index (κ3) is 2.30. The van der Waals surface area contributed by atoms with Crippen LogP contribution in [0.4, 0.5) is 0 Å². The Hall–Kier alpha value is -2.21. The lowest BCUT2D eigenvalue weighted by atomic mass is 10.3. The van der Waals surface area contributed by atoms with Gasteiger partial charge in [-0.25, -0.2) is 9.97 Å². The molecule has 5 nitrogen and oxygen atoms in total. The average molecular weight is 286 g/mol. The van der Waals surface area contributed by atoms with Crippen molar-refractivity contribution in [3.05, 3.63) is 46.2 Å². The number of aromatic nitrogens is 3. The summed E-state index contributed by atoms with van der Waals surface area (Å²) < 4.78 is 0. The second-order valence-electron chi connectivity index (χ2n) is 4.60. The van der Waals surface area contributed by atoms with Crippen LogP contribution in [0.2, 0.25) is 0 Å². The van der Waals surface area contributed by atoms with Gasteiger partial charge in [-0.2, -0.15) is 0 Å². The molecule has 2 aromatic heterocycles. The van der Waals surface area contributed by atoms with E-state index in [1.54, 1.807) is 5.51 Å². The quantitative estimate of drug-likeness (QED) is 0.777. The van der Waals surface area contributed by atoms with Crippen molar-refractivity contribution < 1.29 is 4.79 Å². The molecule has 2 heterocycles. The summed E-state index contributed by atoms with van der Waals surface area (Å²) in [5.41, 5.74) is 4.30. The van der Waals surface area contributed by atoms with Crippen molar-refractivity contribution in [2.45, 2.75) is 19.9 Å². The zero-order valence-corrected chi connectivity index (χ0v) is 12.0. The molecule has 3 aromatic rings. The number of para-hydroxylation sites is 2. The molecule has 0 fully saturated rings. The number of amides is 1. The molecule has 1 amide bonds. The second-order valence-corrected chi connectivity index (χ2v) is 5.46. The summed E-state index contributed by atoms with van der Waals surface area (Å²) >= 11 is 1.35. The Morgan fingerprint density at radius 3 is 2.90 bits per heavy atom. The minimum atomic E-state index is -0.184. The van der Waals surface area contributed by atoms with Gasteiger partial charge in [0, 0.05) is 0 Å². The van der Waals surface area contributed by atoms with Gasteiger partial charge in [-0.15, -0.1) is 11.3 Å². The normalized spacial score (nSPS) is 12.5. The number of fused-ring (bicyclic) bond motifs is 1. The van der Waals surface area contributed by atoms with E-state index in [1.165, 1.54) is 11.3 Å². The van der Waals surface area contributed by atoms with Gasteiger partial charge in [-0.3, -0.25) is 4.79 Å². The van der Waals surface area contributed by atoms with Crippen LogP contribution in [-0.2, 0) is 0 Å². The van der Waals surface area contributed by atoms with Crippen LogP contribution in [0, 0.1) is 6.92 Å². The molecule has 6 heteroatoms. The van der Waals surface area contributed by atoms with Gasteiger partial charge in [0.1, 0.15) is 10.7 Å². The van der Waals surface area contributed by atoms with Gasteiger partial charge in [0.15, 0.2) is 0 Å². The number of thiazole rings is 1. The summed E-state index contributed by atoms with van der Waals surface area (Å²) in [6, 6.07) is 7.62. The van der Waals surface area contributed by atoms with E-state index >= 15 is 0 Å². The van der Waals surface area contributed by atoms with Gasteiger partial charge >= 0.3 is 0 Å².